The fourth-order valence-electron chi connectivity index (χ4n) is 2.70. The quantitative estimate of drug-likeness (QED) is 0.733. The molecule has 0 saturated carbocycles. The number of carbonyl (C=O) groups is 2. The van der Waals surface area contributed by atoms with Crippen LogP contribution in [0.5, 0.6) is 0 Å². The number of aryl methyl sites for hydroxylation is 2. The molecular formula is C23H30N2O2. The van der Waals surface area contributed by atoms with Crippen molar-refractivity contribution in [3.8, 4) is 0 Å². The van der Waals surface area contributed by atoms with Crippen LogP contribution >= 0.6 is 0 Å². The Morgan fingerprint density at radius 3 is 2.04 bits per heavy atom. The molecule has 144 valence electrons. The molecule has 0 bridgehead atoms. The summed E-state index contributed by atoms with van der Waals surface area (Å²) in [4.78, 5) is 24.1. The normalized spacial score (nSPS) is 11.1. The van der Waals surface area contributed by atoms with Crippen LogP contribution in [-0.4, -0.2) is 24.9 Å². The van der Waals surface area contributed by atoms with E-state index in [0.29, 0.717) is 25.1 Å². The van der Waals surface area contributed by atoms with E-state index in [1.807, 2.05) is 43.3 Å². The van der Waals surface area contributed by atoms with Gasteiger partial charge in [0.2, 0.25) is 5.91 Å². The van der Waals surface area contributed by atoms with E-state index in [-0.39, 0.29) is 17.2 Å². The van der Waals surface area contributed by atoms with Crippen LogP contribution in [0.1, 0.15) is 54.2 Å². The molecule has 0 aliphatic carbocycles. The molecule has 4 nitrogen and oxygen atoms in total. The summed E-state index contributed by atoms with van der Waals surface area (Å²) in [7, 11) is 0. The molecule has 2 aromatic rings. The maximum atomic E-state index is 12.2. The van der Waals surface area contributed by atoms with Gasteiger partial charge in [-0.05, 0) is 42.0 Å². The fraction of sp³-hybridized carbons (Fsp3) is 0.391. The lowest BCUT2D eigenvalue weighted by atomic mass is 9.87. The Balaban J connectivity index is 1.67. The van der Waals surface area contributed by atoms with Crippen molar-refractivity contribution in [1.29, 1.82) is 0 Å². The Morgan fingerprint density at radius 1 is 0.852 bits per heavy atom. The maximum Gasteiger partial charge on any atom is 0.251 e. The summed E-state index contributed by atoms with van der Waals surface area (Å²) in [5.41, 5.74) is 4.26. The number of nitrogens with one attached hydrogen (secondary N) is 2. The summed E-state index contributed by atoms with van der Waals surface area (Å²) in [6.45, 7) is 9.31. The highest BCUT2D eigenvalue weighted by Gasteiger charge is 2.14. The second-order valence-corrected chi connectivity index (χ2v) is 7.92. The fourth-order valence-corrected chi connectivity index (χ4v) is 2.70. The van der Waals surface area contributed by atoms with Crippen LogP contribution in [0.25, 0.3) is 0 Å². The summed E-state index contributed by atoms with van der Waals surface area (Å²) in [6, 6.07) is 15.9. The summed E-state index contributed by atoms with van der Waals surface area (Å²) >= 11 is 0. The molecule has 0 spiro atoms. The van der Waals surface area contributed by atoms with Gasteiger partial charge in [0, 0.05) is 25.1 Å². The van der Waals surface area contributed by atoms with Gasteiger partial charge in [-0.2, -0.15) is 0 Å². The van der Waals surface area contributed by atoms with Crippen LogP contribution in [0, 0.1) is 6.92 Å². The van der Waals surface area contributed by atoms with Crippen molar-refractivity contribution in [2.75, 3.05) is 13.1 Å². The third kappa shape index (κ3) is 6.89. The molecule has 4 heteroatoms. The topological polar surface area (TPSA) is 58.2 Å². The van der Waals surface area contributed by atoms with Gasteiger partial charge in [-0.25, -0.2) is 0 Å². The van der Waals surface area contributed by atoms with Crippen molar-refractivity contribution in [3.05, 3.63) is 70.8 Å². The first-order valence-corrected chi connectivity index (χ1v) is 9.47. The molecule has 2 N–H and O–H groups in total. The minimum absolute atomic E-state index is 0.000598. The van der Waals surface area contributed by atoms with Crippen LogP contribution in [0.3, 0.4) is 0 Å². The molecule has 0 atom stereocenters. The van der Waals surface area contributed by atoms with E-state index in [1.165, 1.54) is 11.1 Å². The summed E-state index contributed by atoms with van der Waals surface area (Å²) in [6.07, 6.45) is 1.17. The molecule has 0 unspecified atom stereocenters. The molecule has 0 heterocycles. The average molecular weight is 367 g/mol. The lowest BCUT2D eigenvalue weighted by molar-refractivity contribution is -0.121. The van der Waals surface area contributed by atoms with E-state index in [9.17, 15) is 9.59 Å². The van der Waals surface area contributed by atoms with Crippen molar-refractivity contribution in [1.82, 2.24) is 10.6 Å². The van der Waals surface area contributed by atoms with Gasteiger partial charge in [-0.3, -0.25) is 9.59 Å². The van der Waals surface area contributed by atoms with Crippen LogP contribution < -0.4 is 10.6 Å². The third-order valence-electron chi connectivity index (χ3n) is 4.51. The van der Waals surface area contributed by atoms with E-state index in [2.05, 4.69) is 43.5 Å². The Hall–Kier alpha value is -2.62. The first kappa shape index (κ1) is 20.7. The number of rotatable bonds is 7. The monoisotopic (exact) mass is 366 g/mol. The smallest absolute Gasteiger partial charge is 0.251 e. The molecule has 27 heavy (non-hydrogen) atoms. The van der Waals surface area contributed by atoms with Crippen molar-refractivity contribution in [3.63, 3.8) is 0 Å². The predicted octanol–water partition coefficient (Wildman–Crippen LogP) is 3.77. The molecule has 0 saturated heterocycles. The highest BCUT2D eigenvalue weighted by Crippen LogP contribution is 2.22. The molecule has 0 fully saturated rings. The summed E-state index contributed by atoms with van der Waals surface area (Å²) < 4.78 is 0. The third-order valence-corrected chi connectivity index (χ3v) is 4.51. The van der Waals surface area contributed by atoms with E-state index in [0.717, 1.165) is 12.0 Å². The van der Waals surface area contributed by atoms with Crippen LogP contribution in [0.15, 0.2) is 48.5 Å². The first-order chi connectivity index (χ1) is 12.8. The van der Waals surface area contributed by atoms with E-state index in [4.69, 9.17) is 0 Å². The second-order valence-electron chi connectivity index (χ2n) is 7.92. The zero-order valence-electron chi connectivity index (χ0n) is 16.8. The second kappa shape index (κ2) is 9.36. The molecule has 0 aliphatic heterocycles. The van der Waals surface area contributed by atoms with Crippen LogP contribution in [0.4, 0.5) is 0 Å². The SMILES string of the molecule is Cc1ccc(CCC(=O)NCCNC(=O)c2ccc(C(C)(C)C)cc2)cc1. The van der Waals surface area contributed by atoms with Gasteiger partial charge in [0.1, 0.15) is 0 Å². The average Bonchev–Trinajstić information content (AvgIpc) is 2.64. The summed E-state index contributed by atoms with van der Waals surface area (Å²) in [5.74, 6) is -0.122. The van der Waals surface area contributed by atoms with Crippen molar-refractivity contribution < 1.29 is 9.59 Å². The Labute approximate surface area is 162 Å². The molecule has 0 radical (unpaired) electrons. The van der Waals surface area contributed by atoms with Gasteiger partial charge in [0.25, 0.3) is 5.91 Å². The number of carbonyl (C=O) groups excluding carboxylic acids is 2. The Morgan fingerprint density at radius 2 is 1.44 bits per heavy atom. The van der Waals surface area contributed by atoms with Gasteiger partial charge in [-0.15, -0.1) is 0 Å². The largest absolute Gasteiger partial charge is 0.354 e. The Bertz CT molecular complexity index is 756. The maximum absolute atomic E-state index is 12.2. The highest BCUT2D eigenvalue weighted by molar-refractivity contribution is 5.94. The lowest BCUT2D eigenvalue weighted by Gasteiger charge is -2.19. The number of hydrogen-bond donors (Lipinski definition) is 2. The van der Waals surface area contributed by atoms with Gasteiger partial charge in [0.15, 0.2) is 0 Å². The number of amides is 2. The van der Waals surface area contributed by atoms with Gasteiger partial charge in [-0.1, -0.05) is 62.7 Å². The van der Waals surface area contributed by atoms with E-state index < -0.39 is 0 Å². The zero-order valence-corrected chi connectivity index (χ0v) is 16.8. The van der Waals surface area contributed by atoms with Crippen molar-refractivity contribution >= 4 is 11.8 Å². The molecule has 0 aliphatic rings. The van der Waals surface area contributed by atoms with Crippen LogP contribution in [0.2, 0.25) is 0 Å². The van der Waals surface area contributed by atoms with Gasteiger partial charge < -0.3 is 10.6 Å². The van der Waals surface area contributed by atoms with Crippen molar-refractivity contribution in [2.24, 2.45) is 0 Å². The number of benzene rings is 2. The highest BCUT2D eigenvalue weighted by atomic mass is 16.2. The minimum atomic E-state index is -0.121. The van der Waals surface area contributed by atoms with Crippen LogP contribution in [-0.2, 0) is 16.6 Å². The zero-order chi connectivity index (χ0) is 19.9. The minimum Gasteiger partial charge on any atom is -0.354 e. The first-order valence-electron chi connectivity index (χ1n) is 9.47. The van der Waals surface area contributed by atoms with E-state index in [1.54, 1.807) is 0 Å². The Kier molecular flexibility index (Phi) is 7.17. The molecule has 2 amide bonds. The molecule has 0 aromatic heterocycles. The predicted molar refractivity (Wildman–Crippen MR) is 110 cm³/mol. The number of hydrogen-bond acceptors (Lipinski definition) is 2. The van der Waals surface area contributed by atoms with Gasteiger partial charge >= 0.3 is 0 Å². The standard InChI is InChI=1S/C23H30N2O2/c1-17-5-7-18(8-6-17)9-14-21(26)24-15-16-25-22(27)19-10-12-20(13-11-19)23(2,3)4/h5-8,10-13H,9,14-16H2,1-4H3,(H,24,26)(H,25,27). The van der Waals surface area contributed by atoms with E-state index >= 15 is 0 Å². The molecule has 2 rings (SSSR count). The molecular weight excluding hydrogens is 336 g/mol. The summed E-state index contributed by atoms with van der Waals surface area (Å²) in [5, 5.41) is 5.69. The lowest BCUT2D eigenvalue weighted by Crippen LogP contribution is -2.34. The van der Waals surface area contributed by atoms with Gasteiger partial charge in [0.05, 0.1) is 0 Å². The van der Waals surface area contributed by atoms with Crippen molar-refractivity contribution in [2.45, 2.75) is 46.0 Å². The molecule has 2 aromatic carbocycles.